The number of nitrogens with zero attached hydrogens (tertiary/aromatic N) is 4. The number of amides is 2. The minimum atomic E-state index is -0.556. The van der Waals surface area contributed by atoms with Gasteiger partial charge in [-0.05, 0) is 18.9 Å². The number of benzene rings is 1. The molecule has 0 aliphatic carbocycles. The van der Waals surface area contributed by atoms with Crippen molar-refractivity contribution in [3.63, 3.8) is 0 Å². The quantitative estimate of drug-likeness (QED) is 0.784. The fourth-order valence-electron chi connectivity index (χ4n) is 3.33. The predicted molar refractivity (Wildman–Crippen MR) is 91.7 cm³/mol. The molecule has 1 aliphatic rings. The van der Waals surface area contributed by atoms with Gasteiger partial charge in [0.2, 0.25) is 5.91 Å². The van der Waals surface area contributed by atoms with Gasteiger partial charge in [0.25, 0.3) is 5.91 Å². The van der Waals surface area contributed by atoms with Gasteiger partial charge in [0.15, 0.2) is 5.65 Å². The molecule has 2 aromatic heterocycles. The van der Waals surface area contributed by atoms with Crippen LogP contribution in [0.4, 0.5) is 0 Å². The van der Waals surface area contributed by atoms with Crippen LogP contribution in [0, 0.1) is 0 Å². The van der Waals surface area contributed by atoms with Crippen molar-refractivity contribution in [2.45, 2.75) is 18.9 Å². The molecule has 1 aromatic carbocycles. The third kappa shape index (κ3) is 2.53. The lowest BCUT2D eigenvalue weighted by Gasteiger charge is -2.21. The van der Waals surface area contributed by atoms with Crippen LogP contribution in [-0.4, -0.2) is 43.9 Å². The standard InChI is InChI=1S/C18H17N5O2/c19-16(24)15-7-4-10-22(15)18(25)13-11-21-23-14(8-9-20-17(13)23)12-5-2-1-3-6-12/h1-3,5-6,8-9,11,15H,4,7,10H2,(H2,19,24)/t15-/m0/s1. The largest absolute Gasteiger partial charge is 0.368 e. The number of carbonyl (C=O) groups is 2. The fraction of sp³-hybridized carbons (Fsp3) is 0.222. The van der Waals surface area contributed by atoms with E-state index in [2.05, 4.69) is 10.1 Å². The topological polar surface area (TPSA) is 93.6 Å². The van der Waals surface area contributed by atoms with Crippen molar-refractivity contribution >= 4 is 17.5 Å². The highest BCUT2D eigenvalue weighted by atomic mass is 16.2. The summed E-state index contributed by atoms with van der Waals surface area (Å²) in [7, 11) is 0. The summed E-state index contributed by atoms with van der Waals surface area (Å²) >= 11 is 0. The van der Waals surface area contributed by atoms with Crippen molar-refractivity contribution in [1.82, 2.24) is 19.5 Å². The number of hydrogen-bond donors (Lipinski definition) is 1. The van der Waals surface area contributed by atoms with E-state index in [-0.39, 0.29) is 5.91 Å². The molecule has 25 heavy (non-hydrogen) atoms. The molecule has 0 unspecified atom stereocenters. The summed E-state index contributed by atoms with van der Waals surface area (Å²) in [6, 6.07) is 11.1. The minimum Gasteiger partial charge on any atom is -0.368 e. The first kappa shape index (κ1) is 15.3. The van der Waals surface area contributed by atoms with Crippen molar-refractivity contribution in [3.05, 3.63) is 54.4 Å². The number of nitrogens with two attached hydrogens (primary N) is 1. The van der Waals surface area contributed by atoms with Crippen LogP contribution >= 0.6 is 0 Å². The van der Waals surface area contributed by atoms with Crippen LogP contribution in [0.1, 0.15) is 23.2 Å². The monoisotopic (exact) mass is 335 g/mol. The van der Waals surface area contributed by atoms with E-state index in [9.17, 15) is 9.59 Å². The molecule has 4 rings (SSSR count). The van der Waals surface area contributed by atoms with Crippen molar-refractivity contribution in [2.75, 3.05) is 6.54 Å². The highest BCUT2D eigenvalue weighted by Crippen LogP contribution is 2.24. The molecule has 1 aliphatic heterocycles. The van der Waals surface area contributed by atoms with E-state index in [1.165, 1.54) is 11.1 Å². The summed E-state index contributed by atoms with van der Waals surface area (Å²) in [5, 5.41) is 4.35. The third-order valence-electron chi connectivity index (χ3n) is 4.54. The number of primary amides is 1. The van der Waals surface area contributed by atoms with E-state index in [1.54, 1.807) is 10.7 Å². The molecular weight excluding hydrogens is 318 g/mol. The molecule has 126 valence electrons. The highest BCUT2D eigenvalue weighted by Gasteiger charge is 2.34. The second-order valence-electron chi connectivity index (χ2n) is 6.05. The second kappa shape index (κ2) is 6.01. The second-order valence-corrected chi connectivity index (χ2v) is 6.05. The Labute approximate surface area is 144 Å². The van der Waals surface area contributed by atoms with Gasteiger partial charge in [0.1, 0.15) is 11.6 Å². The Morgan fingerprint density at radius 3 is 2.72 bits per heavy atom. The van der Waals surface area contributed by atoms with Gasteiger partial charge in [-0.25, -0.2) is 9.50 Å². The predicted octanol–water partition coefficient (Wildman–Crippen LogP) is 1.49. The first-order valence-electron chi connectivity index (χ1n) is 8.15. The molecule has 1 atom stereocenters. The molecule has 3 aromatic rings. The molecule has 1 saturated heterocycles. The SMILES string of the molecule is NC(=O)[C@@H]1CCCN1C(=O)c1cnn2c(-c3ccccc3)ccnc12. The first-order valence-corrected chi connectivity index (χ1v) is 8.15. The molecule has 7 nitrogen and oxygen atoms in total. The molecule has 0 bridgehead atoms. The number of carbonyl (C=O) groups excluding carboxylic acids is 2. The number of aromatic nitrogens is 3. The summed E-state index contributed by atoms with van der Waals surface area (Å²) in [6.45, 7) is 0.516. The lowest BCUT2D eigenvalue weighted by atomic mass is 10.1. The zero-order valence-corrected chi connectivity index (χ0v) is 13.5. The molecule has 1 fully saturated rings. The maximum Gasteiger partial charge on any atom is 0.260 e. The van der Waals surface area contributed by atoms with Gasteiger partial charge in [-0.15, -0.1) is 0 Å². The number of rotatable bonds is 3. The van der Waals surface area contributed by atoms with Crippen molar-refractivity contribution in [2.24, 2.45) is 5.73 Å². The van der Waals surface area contributed by atoms with E-state index < -0.39 is 11.9 Å². The Hall–Kier alpha value is -3.22. The van der Waals surface area contributed by atoms with Crippen molar-refractivity contribution < 1.29 is 9.59 Å². The smallest absolute Gasteiger partial charge is 0.260 e. The van der Waals surface area contributed by atoms with Crippen molar-refractivity contribution in [1.29, 1.82) is 0 Å². The zero-order valence-electron chi connectivity index (χ0n) is 13.5. The van der Waals surface area contributed by atoms with E-state index in [4.69, 9.17) is 5.73 Å². The number of fused-ring (bicyclic) bond motifs is 1. The molecule has 0 spiro atoms. The van der Waals surface area contributed by atoms with Crippen LogP contribution in [0.25, 0.3) is 16.9 Å². The van der Waals surface area contributed by atoms with E-state index >= 15 is 0 Å². The van der Waals surface area contributed by atoms with Gasteiger partial charge < -0.3 is 10.6 Å². The maximum absolute atomic E-state index is 12.9. The maximum atomic E-state index is 12.9. The lowest BCUT2D eigenvalue weighted by Crippen LogP contribution is -2.43. The van der Waals surface area contributed by atoms with Gasteiger partial charge >= 0.3 is 0 Å². The van der Waals surface area contributed by atoms with Crippen LogP contribution in [-0.2, 0) is 4.79 Å². The van der Waals surface area contributed by atoms with Gasteiger partial charge in [0, 0.05) is 18.3 Å². The Balaban J connectivity index is 1.77. The third-order valence-corrected chi connectivity index (χ3v) is 4.54. The Kier molecular flexibility index (Phi) is 3.68. The zero-order chi connectivity index (χ0) is 17.4. The molecule has 2 N–H and O–H groups in total. The van der Waals surface area contributed by atoms with Gasteiger partial charge in [-0.3, -0.25) is 9.59 Å². The Bertz CT molecular complexity index is 951. The molecule has 0 radical (unpaired) electrons. The Morgan fingerprint density at radius 1 is 1.16 bits per heavy atom. The van der Waals surface area contributed by atoms with Gasteiger partial charge in [-0.1, -0.05) is 30.3 Å². The minimum absolute atomic E-state index is 0.256. The average Bonchev–Trinajstić information content (AvgIpc) is 3.29. The summed E-state index contributed by atoms with van der Waals surface area (Å²) in [5.41, 5.74) is 8.10. The normalized spacial score (nSPS) is 17.1. The highest BCUT2D eigenvalue weighted by molar-refractivity contribution is 6.02. The molecule has 0 saturated carbocycles. The van der Waals surface area contributed by atoms with Crippen LogP contribution in [0.3, 0.4) is 0 Å². The molecule has 2 amide bonds. The number of hydrogen-bond acceptors (Lipinski definition) is 4. The van der Waals surface area contributed by atoms with E-state index in [1.807, 2.05) is 36.4 Å². The van der Waals surface area contributed by atoms with Crippen molar-refractivity contribution in [3.8, 4) is 11.3 Å². The van der Waals surface area contributed by atoms with Gasteiger partial charge in [0.05, 0.1) is 11.9 Å². The molecule has 7 heteroatoms. The summed E-state index contributed by atoms with van der Waals surface area (Å²) in [5.74, 6) is -0.728. The Morgan fingerprint density at radius 2 is 1.96 bits per heavy atom. The van der Waals surface area contributed by atoms with Gasteiger partial charge in [-0.2, -0.15) is 5.10 Å². The van der Waals surface area contributed by atoms with Crippen LogP contribution < -0.4 is 5.73 Å². The molecular formula is C18H17N5O2. The molecule has 3 heterocycles. The van der Waals surface area contributed by atoms with Crippen LogP contribution in [0.2, 0.25) is 0 Å². The summed E-state index contributed by atoms with van der Waals surface area (Å²) < 4.78 is 1.65. The van der Waals surface area contributed by atoms with E-state index in [0.29, 0.717) is 24.2 Å². The van der Waals surface area contributed by atoms with E-state index in [0.717, 1.165) is 17.7 Å². The number of likely N-dealkylation sites (tertiary alicyclic amines) is 1. The summed E-state index contributed by atoms with van der Waals surface area (Å²) in [6.07, 6.45) is 4.53. The average molecular weight is 335 g/mol. The first-order chi connectivity index (χ1) is 12.2. The van der Waals surface area contributed by atoms with Crippen LogP contribution in [0.5, 0.6) is 0 Å². The van der Waals surface area contributed by atoms with Crippen LogP contribution in [0.15, 0.2) is 48.8 Å². The fourth-order valence-corrected chi connectivity index (χ4v) is 3.33. The summed E-state index contributed by atoms with van der Waals surface area (Å²) in [4.78, 5) is 30.3. The lowest BCUT2D eigenvalue weighted by molar-refractivity contribution is -0.121.